The van der Waals surface area contributed by atoms with Crippen LogP contribution in [-0.4, -0.2) is 12.3 Å². The highest BCUT2D eigenvalue weighted by atomic mass is 31.1. The fourth-order valence-corrected chi connectivity index (χ4v) is 5.59. The van der Waals surface area contributed by atoms with Crippen molar-refractivity contribution in [2.45, 2.75) is 71.8 Å². The van der Waals surface area contributed by atoms with Gasteiger partial charge in [-0.05, 0) is 36.0 Å². The second-order valence-electron chi connectivity index (χ2n) is 5.94. The van der Waals surface area contributed by atoms with Gasteiger partial charge in [0.1, 0.15) is 0 Å². The second kappa shape index (κ2) is 12.2. The number of hydrogen-bond acceptors (Lipinski definition) is 1. The normalized spacial score (nSPS) is 11.2. The predicted molar refractivity (Wildman–Crippen MR) is 98.9 cm³/mol. The molecule has 1 rings (SSSR count). The Hall–Kier alpha value is -0.390. The Balaban J connectivity index is 2.60. The lowest BCUT2D eigenvalue weighted by Gasteiger charge is -2.21. The summed E-state index contributed by atoms with van der Waals surface area (Å²) >= 11 is 0. The molecule has 0 saturated carbocycles. The van der Waals surface area contributed by atoms with Crippen molar-refractivity contribution in [1.29, 1.82) is 0 Å². The van der Waals surface area contributed by atoms with E-state index in [0.717, 1.165) is 0 Å². The van der Waals surface area contributed by atoms with Crippen molar-refractivity contribution in [3.05, 3.63) is 29.8 Å². The maximum atomic E-state index is 5.95. The quantitative estimate of drug-likeness (QED) is 0.405. The summed E-state index contributed by atoms with van der Waals surface area (Å²) < 4.78 is 0. The molecule has 0 aliphatic rings. The summed E-state index contributed by atoms with van der Waals surface area (Å²) in [5.41, 5.74) is 7.34. The van der Waals surface area contributed by atoms with Crippen LogP contribution in [0.5, 0.6) is 0 Å². The van der Waals surface area contributed by atoms with Gasteiger partial charge in [0.15, 0.2) is 0 Å². The molecular formula is C19H34NP. The maximum Gasteiger partial charge on any atom is 0.0184 e. The first-order valence-corrected chi connectivity index (χ1v) is 10.6. The summed E-state index contributed by atoms with van der Waals surface area (Å²) in [7, 11) is 0.00438. The molecular weight excluding hydrogens is 273 g/mol. The SMILES string of the molecule is CCCCCCP(CCCCCC)c1ccccc1CN. The van der Waals surface area contributed by atoms with Gasteiger partial charge in [-0.15, -0.1) is 0 Å². The molecule has 2 N–H and O–H groups in total. The standard InChI is InChI=1S/C19H34NP/c1-3-5-7-11-15-21(16-12-8-6-4-2)19-14-10-9-13-18(19)17-20/h9-10,13-14H,3-8,11-12,15-17,20H2,1-2H3. The van der Waals surface area contributed by atoms with E-state index in [-0.39, 0.29) is 7.92 Å². The predicted octanol–water partition coefficient (Wildman–Crippen LogP) is 5.41. The van der Waals surface area contributed by atoms with Crippen molar-refractivity contribution >= 4 is 13.2 Å². The van der Waals surface area contributed by atoms with E-state index in [1.807, 2.05) is 0 Å². The lowest BCUT2D eigenvalue weighted by Crippen LogP contribution is -2.15. The van der Waals surface area contributed by atoms with E-state index in [2.05, 4.69) is 38.1 Å². The van der Waals surface area contributed by atoms with Crippen LogP contribution in [0.4, 0.5) is 0 Å². The molecule has 120 valence electrons. The van der Waals surface area contributed by atoms with E-state index in [1.165, 1.54) is 69.3 Å². The molecule has 0 heterocycles. The van der Waals surface area contributed by atoms with Gasteiger partial charge in [-0.1, -0.05) is 84.6 Å². The Morgan fingerprint density at radius 3 is 1.90 bits per heavy atom. The molecule has 21 heavy (non-hydrogen) atoms. The average molecular weight is 307 g/mol. The zero-order valence-corrected chi connectivity index (χ0v) is 15.0. The molecule has 0 amide bonds. The Labute approximate surface area is 133 Å². The van der Waals surface area contributed by atoms with Crippen LogP contribution < -0.4 is 11.0 Å². The van der Waals surface area contributed by atoms with E-state index < -0.39 is 0 Å². The zero-order valence-electron chi connectivity index (χ0n) is 14.1. The number of hydrogen-bond donors (Lipinski definition) is 1. The largest absolute Gasteiger partial charge is 0.326 e. The van der Waals surface area contributed by atoms with Gasteiger partial charge < -0.3 is 5.73 Å². The number of unbranched alkanes of at least 4 members (excludes halogenated alkanes) is 6. The van der Waals surface area contributed by atoms with Crippen molar-refractivity contribution in [1.82, 2.24) is 0 Å². The van der Waals surface area contributed by atoms with Crippen molar-refractivity contribution in [3.8, 4) is 0 Å². The van der Waals surface area contributed by atoms with Crippen LogP contribution in [0.1, 0.15) is 70.8 Å². The summed E-state index contributed by atoms with van der Waals surface area (Å²) in [6, 6.07) is 8.89. The van der Waals surface area contributed by atoms with Gasteiger partial charge >= 0.3 is 0 Å². The van der Waals surface area contributed by atoms with Crippen molar-refractivity contribution in [2.75, 3.05) is 12.3 Å². The molecule has 0 fully saturated rings. The molecule has 0 atom stereocenters. The van der Waals surface area contributed by atoms with Crippen LogP contribution in [0.15, 0.2) is 24.3 Å². The van der Waals surface area contributed by atoms with Gasteiger partial charge in [0.25, 0.3) is 0 Å². The average Bonchev–Trinajstić information content (AvgIpc) is 2.53. The Bertz CT molecular complexity index is 352. The molecule has 0 saturated heterocycles. The third-order valence-corrected chi connectivity index (χ3v) is 6.95. The first-order chi connectivity index (χ1) is 10.3. The molecule has 0 spiro atoms. The van der Waals surface area contributed by atoms with Crippen LogP contribution in [0.3, 0.4) is 0 Å². The van der Waals surface area contributed by atoms with Gasteiger partial charge in [0, 0.05) is 6.54 Å². The van der Waals surface area contributed by atoms with Crippen LogP contribution in [-0.2, 0) is 6.54 Å². The Morgan fingerprint density at radius 2 is 1.38 bits per heavy atom. The monoisotopic (exact) mass is 307 g/mol. The molecule has 1 aromatic rings. The lowest BCUT2D eigenvalue weighted by atomic mass is 10.2. The van der Waals surface area contributed by atoms with Crippen molar-refractivity contribution in [2.24, 2.45) is 5.73 Å². The molecule has 2 heteroatoms. The Kier molecular flexibility index (Phi) is 10.8. The summed E-state index contributed by atoms with van der Waals surface area (Å²) in [5, 5.41) is 1.59. The fraction of sp³-hybridized carbons (Fsp3) is 0.684. The molecule has 0 aliphatic carbocycles. The second-order valence-corrected chi connectivity index (χ2v) is 8.40. The number of rotatable bonds is 12. The zero-order chi connectivity index (χ0) is 15.3. The van der Waals surface area contributed by atoms with E-state index in [0.29, 0.717) is 6.54 Å². The molecule has 1 nitrogen and oxygen atoms in total. The number of benzene rings is 1. The summed E-state index contributed by atoms with van der Waals surface area (Å²) in [4.78, 5) is 0. The van der Waals surface area contributed by atoms with Gasteiger partial charge in [0.05, 0.1) is 0 Å². The van der Waals surface area contributed by atoms with Gasteiger partial charge in [-0.3, -0.25) is 0 Å². The smallest absolute Gasteiger partial charge is 0.0184 e. The van der Waals surface area contributed by atoms with Crippen LogP contribution >= 0.6 is 7.92 Å². The summed E-state index contributed by atoms with van der Waals surface area (Å²) in [5.74, 6) is 0. The van der Waals surface area contributed by atoms with Gasteiger partial charge in [-0.2, -0.15) is 0 Å². The molecule has 0 unspecified atom stereocenters. The molecule has 0 aliphatic heterocycles. The highest BCUT2D eigenvalue weighted by Crippen LogP contribution is 2.38. The Morgan fingerprint density at radius 1 is 0.810 bits per heavy atom. The fourth-order valence-electron chi connectivity index (χ4n) is 2.80. The minimum absolute atomic E-state index is 0.00438. The minimum atomic E-state index is 0.00438. The molecule has 0 aromatic heterocycles. The highest BCUT2D eigenvalue weighted by Gasteiger charge is 2.13. The topological polar surface area (TPSA) is 26.0 Å². The van der Waals surface area contributed by atoms with Crippen molar-refractivity contribution < 1.29 is 0 Å². The van der Waals surface area contributed by atoms with E-state index in [4.69, 9.17) is 5.73 Å². The van der Waals surface area contributed by atoms with Crippen LogP contribution in [0, 0.1) is 0 Å². The molecule has 1 aromatic carbocycles. The van der Waals surface area contributed by atoms with Gasteiger partial charge in [-0.25, -0.2) is 0 Å². The van der Waals surface area contributed by atoms with E-state index >= 15 is 0 Å². The highest BCUT2D eigenvalue weighted by molar-refractivity contribution is 7.65. The lowest BCUT2D eigenvalue weighted by molar-refractivity contribution is 0.697. The summed E-state index contributed by atoms with van der Waals surface area (Å²) in [6.45, 7) is 5.27. The van der Waals surface area contributed by atoms with Crippen molar-refractivity contribution in [3.63, 3.8) is 0 Å². The first-order valence-electron chi connectivity index (χ1n) is 8.86. The maximum absolute atomic E-state index is 5.95. The van der Waals surface area contributed by atoms with Gasteiger partial charge in [0.2, 0.25) is 0 Å². The minimum Gasteiger partial charge on any atom is -0.326 e. The van der Waals surface area contributed by atoms with E-state index in [9.17, 15) is 0 Å². The third kappa shape index (κ3) is 7.43. The first kappa shape index (κ1) is 18.7. The molecule has 0 bridgehead atoms. The van der Waals surface area contributed by atoms with Crippen LogP contribution in [0.25, 0.3) is 0 Å². The summed E-state index contributed by atoms with van der Waals surface area (Å²) in [6.07, 6.45) is 13.8. The molecule has 0 radical (unpaired) electrons. The third-order valence-electron chi connectivity index (χ3n) is 4.12. The number of nitrogens with two attached hydrogens (primary N) is 1. The van der Waals surface area contributed by atoms with Crippen LogP contribution in [0.2, 0.25) is 0 Å². The van der Waals surface area contributed by atoms with E-state index in [1.54, 1.807) is 5.30 Å².